The quantitative estimate of drug-likeness (QED) is 0.320. The number of nitrogens with one attached hydrogen (secondary N) is 3. The van der Waals surface area contributed by atoms with Crippen molar-refractivity contribution >= 4 is 40.7 Å². The topological polar surface area (TPSA) is 90.3 Å². The van der Waals surface area contributed by atoms with Crippen LogP contribution in [0.1, 0.15) is 26.2 Å². The SMILES string of the molecule is C=CC(=O)Nc1cccc(NC2=C(OC)C=NC(=Nc3ccc(NC4CCN(CCF)C4)cc3)C(CC)C2)c1. The van der Waals surface area contributed by atoms with Gasteiger partial charge in [0, 0.05) is 55.1 Å². The first-order valence-electron chi connectivity index (χ1n) is 13.4. The van der Waals surface area contributed by atoms with Crippen molar-refractivity contribution in [2.45, 2.75) is 32.2 Å². The van der Waals surface area contributed by atoms with Gasteiger partial charge in [-0.1, -0.05) is 19.6 Å². The maximum atomic E-state index is 12.6. The summed E-state index contributed by atoms with van der Waals surface area (Å²) in [4.78, 5) is 23.4. The number of anilines is 3. The average molecular weight is 533 g/mol. The Balaban J connectivity index is 1.44. The molecule has 0 radical (unpaired) electrons. The standard InChI is InChI=1S/C30H37FN6O2/c1-4-21-17-27(34-24-7-6-8-25(18-24)35-29(38)5-2)28(39-3)19-32-30(21)36-23-11-9-22(10-12-23)33-26-13-15-37(20-26)16-14-31/h5-12,18-19,21,26,33-34H,2,4,13-17,20H2,1,3H3,(H,35,38). The average Bonchev–Trinajstić information content (AvgIpc) is 3.31. The van der Waals surface area contributed by atoms with E-state index in [-0.39, 0.29) is 18.5 Å². The van der Waals surface area contributed by atoms with Crippen molar-refractivity contribution in [1.29, 1.82) is 0 Å². The Morgan fingerprint density at radius 2 is 2.03 bits per heavy atom. The minimum atomic E-state index is -0.301. The Hall–Kier alpha value is -3.98. The van der Waals surface area contributed by atoms with Gasteiger partial charge in [0.1, 0.15) is 12.5 Å². The first-order chi connectivity index (χ1) is 19.0. The van der Waals surface area contributed by atoms with Crippen LogP contribution in [-0.2, 0) is 9.53 Å². The Bertz CT molecular complexity index is 1240. The van der Waals surface area contributed by atoms with E-state index in [0.29, 0.717) is 30.5 Å². The van der Waals surface area contributed by atoms with Crippen LogP contribution in [0, 0.1) is 5.92 Å². The molecule has 0 aromatic heterocycles. The second kappa shape index (κ2) is 13.7. The molecule has 0 aliphatic carbocycles. The molecule has 0 saturated carbocycles. The fraction of sp³-hybridized carbons (Fsp3) is 0.367. The number of amides is 1. The summed E-state index contributed by atoms with van der Waals surface area (Å²) in [6.45, 7) is 7.61. The largest absolute Gasteiger partial charge is 0.493 e. The minimum absolute atomic E-state index is 0.0813. The first-order valence-corrected chi connectivity index (χ1v) is 13.4. The van der Waals surface area contributed by atoms with Gasteiger partial charge in [-0.2, -0.15) is 0 Å². The van der Waals surface area contributed by atoms with Crippen LogP contribution in [0.15, 0.2) is 82.6 Å². The maximum Gasteiger partial charge on any atom is 0.247 e. The molecular weight excluding hydrogens is 495 g/mol. The van der Waals surface area contributed by atoms with E-state index in [2.05, 4.69) is 34.4 Å². The van der Waals surface area contributed by atoms with E-state index in [0.717, 1.165) is 54.5 Å². The lowest BCUT2D eigenvalue weighted by molar-refractivity contribution is -0.111. The third-order valence-corrected chi connectivity index (χ3v) is 6.91. The number of halogens is 1. The van der Waals surface area contributed by atoms with Crippen LogP contribution in [0.5, 0.6) is 0 Å². The van der Waals surface area contributed by atoms with Gasteiger partial charge in [0.25, 0.3) is 0 Å². The predicted molar refractivity (Wildman–Crippen MR) is 158 cm³/mol. The molecule has 0 spiro atoms. The summed E-state index contributed by atoms with van der Waals surface area (Å²) in [7, 11) is 1.62. The number of carbonyl (C=O) groups excluding carboxylic acids is 1. The molecule has 2 aromatic rings. The number of hydrogen-bond acceptors (Lipinski definition) is 6. The van der Waals surface area contributed by atoms with Crippen molar-refractivity contribution in [3.8, 4) is 0 Å². The Morgan fingerprint density at radius 1 is 1.23 bits per heavy atom. The number of carbonyl (C=O) groups is 1. The first kappa shape index (κ1) is 28.0. The fourth-order valence-electron chi connectivity index (χ4n) is 4.80. The highest BCUT2D eigenvalue weighted by molar-refractivity contribution is 5.99. The smallest absolute Gasteiger partial charge is 0.247 e. The summed E-state index contributed by atoms with van der Waals surface area (Å²) in [6, 6.07) is 15.9. The van der Waals surface area contributed by atoms with Gasteiger partial charge in [0.2, 0.25) is 5.91 Å². The molecule has 2 heterocycles. The van der Waals surface area contributed by atoms with Crippen molar-refractivity contribution in [1.82, 2.24) is 4.90 Å². The van der Waals surface area contributed by atoms with Crippen LogP contribution < -0.4 is 16.0 Å². The predicted octanol–water partition coefficient (Wildman–Crippen LogP) is 5.77. The van der Waals surface area contributed by atoms with Crippen LogP contribution in [0.25, 0.3) is 0 Å². The second-order valence-electron chi connectivity index (χ2n) is 9.65. The summed E-state index contributed by atoms with van der Waals surface area (Å²) in [5.41, 5.74) is 4.25. The van der Waals surface area contributed by atoms with Crippen molar-refractivity contribution < 1.29 is 13.9 Å². The minimum Gasteiger partial charge on any atom is -0.493 e. The number of hydrogen-bond donors (Lipinski definition) is 3. The molecule has 1 fully saturated rings. The zero-order valence-corrected chi connectivity index (χ0v) is 22.6. The van der Waals surface area contributed by atoms with Gasteiger partial charge in [0.05, 0.1) is 24.7 Å². The molecule has 8 nitrogen and oxygen atoms in total. The van der Waals surface area contributed by atoms with Crippen LogP contribution in [0.4, 0.5) is 27.1 Å². The molecular formula is C30H37FN6O2. The number of likely N-dealkylation sites (tertiary alicyclic amines) is 1. The Morgan fingerprint density at radius 3 is 2.74 bits per heavy atom. The molecule has 1 saturated heterocycles. The van der Waals surface area contributed by atoms with Gasteiger partial charge < -0.3 is 20.7 Å². The van der Waals surface area contributed by atoms with Crippen LogP contribution in [0.3, 0.4) is 0 Å². The second-order valence-corrected chi connectivity index (χ2v) is 9.65. The third-order valence-electron chi connectivity index (χ3n) is 6.91. The van der Waals surface area contributed by atoms with Crippen LogP contribution in [-0.4, -0.2) is 62.3 Å². The Labute approximate surface area is 229 Å². The van der Waals surface area contributed by atoms with Gasteiger partial charge in [-0.3, -0.25) is 9.69 Å². The maximum absolute atomic E-state index is 12.6. The monoisotopic (exact) mass is 532 g/mol. The third kappa shape index (κ3) is 7.77. The van der Waals surface area contributed by atoms with Gasteiger partial charge >= 0.3 is 0 Å². The number of nitrogens with zero attached hydrogens (tertiary/aromatic N) is 3. The molecule has 0 bridgehead atoms. The number of benzene rings is 2. The van der Waals surface area contributed by atoms with Crippen molar-refractivity contribution in [3.63, 3.8) is 0 Å². The number of amidine groups is 1. The highest BCUT2D eigenvalue weighted by Crippen LogP contribution is 2.28. The van der Waals surface area contributed by atoms with E-state index in [1.165, 1.54) is 6.08 Å². The number of ether oxygens (including phenoxy) is 1. The van der Waals surface area contributed by atoms with Gasteiger partial charge in [0.15, 0.2) is 5.76 Å². The lowest BCUT2D eigenvalue weighted by Crippen LogP contribution is -2.27. The van der Waals surface area contributed by atoms with Crippen LogP contribution >= 0.6 is 0 Å². The number of alkyl halides is 1. The highest BCUT2D eigenvalue weighted by Gasteiger charge is 2.23. The summed E-state index contributed by atoms with van der Waals surface area (Å²) in [6.07, 6.45) is 5.47. The Kier molecular flexibility index (Phi) is 9.85. The molecule has 39 heavy (non-hydrogen) atoms. The number of aliphatic imine (C=N–C) groups is 2. The van der Waals surface area contributed by atoms with E-state index in [1.807, 2.05) is 48.5 Å². The van der Waals surface area contributed by atoms with E-state index in [9.17, 15) is 9.18 Å². The fourth-order valence-corrected chi connectivity index (χ4v) is 4.80. The van der Waals surface area contributed by atoms with Crippen LogP contribution in [0.2, 0.25) is 0 Å². The summed E-state index contributed by atoms with van der Waals surface area (Å²) >= 11 is 0. The van der Waals surface area contributed by atoms with Crippen molar-refractivity contribution in [2.24, 2.45) is 15.9 Å². The highest BCUT2D eigenvalue weighted by atomic mass is 19.1. The van der Waals surface area contributed by atoms with Gasteiger partial charge in [-0.15, -0.1) is 0 Å². The summed E-state index contributed by atoms with van der Waals surface area (Å²) in [5, 5.41) is 9.78. The molecule has 206 valence electrons. The normalized spacial score (nSPS) is 20.5. The molecule has 2 aromatic carbocycles. The van der Waals surface area contributed by atoms with E-state index in [4.69, 9.17) is 14.7 Å². The van der Waals surface area contributed by atoms with Crippen molar-refractivity contribution in [2.75, 3.05) is 49.4 Å². The molecule has 2 aliphatic heterocycles. The molecule has 4 rings (SSSR count). The molecule has 1 amide bonds. The molecule has 9 heteroatoms. The summed E-state index contributed by atoms with van der Waals surface area (Å²) in [5.74, 6) is 1.20. The van der Waals surface area contributed by atoms with E-state index in [1.54, 1.807) is 13.3 Å². The van der Waals surface area contributed by atoms with Gasteiger partial charge in [-0.25, -0.2) is 14.4 Å². The number of methoxy groups -OCH3 is 1. The van der Waals surface area contributed by atoms with E-state index < -0.39 is 0 Å². The number of rotatable bonds is 11. The molecule has 2 aliphatic rings. The van der Waals surface area contributed by atoms with E-state index >= 15 is 0 Å². The molecule has 2 unspecified atom stereocenters. The van der Waals surface area contributed by atoms with Gasteiger partial charge in [-0.05, 0) is 61.4 Å². The zero-order valence-electron chi connectivity index (χ0n) is 22.6. The lowest BCUT2D eigenvalue weighted by atomic mass is 9.98. The number of allylic oxidation sites excluding steroid dienone is 2. The molecule has 3 N–H and O–H groups in total. The molecule has 2 atom stereocenters. The summed E-state index contributed by atoms with van der Waals surface area (Å²) < 4.78 is 18.3. The lowest BCUT2D eigenvalue weighted by Gasteiger charge is -2.18. The zero-order chi connectivity index (χ0) is 27.6. The van der Waals surface area contributed by atoms with Crippen molar-refractivity contribution in [3.05, 3.63) is 72.6 Å².